The van der Waals surface area contributed by atoms with Crippen LogP contribution in [0.1, 0.15) is 42.7 Å². The van der Waals surface area contributed by atoms with Crippen molar-refractivity contribution in [3.05, 3.63) is 65.9 Å². The topological polar surface area (TPSA) is 107 Å². The number of fused-ring (bicyclic) bond motifs is 2. The number of hydrogen-bond donors (Lipinski definition) is 1. The first kappa shape index (κ1) is 27.1. The normalized spacial score (nSPS) is 11.2. The maximum atomic E-state index is 12.9. The van der Waals surface area contributed by atoms with E-state index < -0.39 is 5.97 Å². The van der Waals surface area contributed by atoms with Crippen molar-refractivity contribution < 1.29 is 24.2 Å². The van der Waals surface area contributed by atoms with Gasteiger partial charge in [0.2, 0.25) is 5.91 Å². The summed E-state index contributed by atoms with van der Waals surface area (Å²) in [5, 5.41) is 11.3. The van der Waals surface area contributed by atoms with Gasteiger partial charge in [-0.2, -0.15) is 8.75 Å². The van der Waals surface area contributed by atoms with Gasteiger partial charge in [-0.3, -0.25) is 4.79 Å². The van der Waals surface area contributed by atoms with Crippen molar-refractivity contribution in [2.24, 2.45) is 0 Å². The van der Waals surface area contributed by atoms with Crippen LogP contribution in [0, 0.1) is 0 Å². The minimum Gasteiger partial charge on any atom is -0.493 e. The number of unbranched alkanes of at least 4 members (excludes halogenated alkanes) is 1. The maximum absolute atomic E-state index is 12.9. The third kappa shape index (κ3) is 4.98. The molecule has 0 fully saturated rings. The first-order valence-corrected chi connectivity index (χ1v) is 13.7. The van der Waals surface area contributed by atoms with E-state index in [0.717, 1.165) is 57.8 Å². The molecule has 0 aliphatic carbocycles. The van der Waals surface area contributed by atoms with Gasteiger partial charge in [0.15, 0.2) is 11.5 Å². The second-order valence-corrected chi connectivity index (χ2v) is 10.0. The lowest BCUT2D eigenvalue weighted by molar-refractivity contribution is -0.116. The Bertz CT molecular complexity index is 1720. The zero-order chi connectivity index (χ0) is 28.4. The Kier molecular flexibility index (Phi) is 7.70. The van der Waals surface area contributed by atoms with E-state index in [0.29, 0.717) is 35.7 Å². The smallest absolute Gasteiger partial charge is 0.353 e. The molecule has 0 radical (unpaired) electrons. The number of ether oxygens (including phenoxy) is 2. The van der Waals surface area contributed by atoms with E-state index in [9.17, 15) is 14.7 Å². The number of carboxylic acids is 1. The van der Waals surface area contributed by atoms with Crippen molar-refractivity contribution in [3.8, 4) is 22.6 Å². The van der Waals surface area contributed by atoms with Crippen molar-refractivity contribution in [2.45, 2.75) is 33.2 Å². The molecule has 0 spiro atoms. The Morgan fingerprint density at radius 3 is 2.45 bits per heavy atom. The number of rotatable bonds is 10. The summed E-state index contributed by atoms with van der Waals surface area (Å²) in [6.07, 6.45) is 1.80. The molecule has 0 saturated heterocycles. The first-order valence-electron chi connectivity index (χ1n) is 13.0. The van der Waals surface area contributed by atoms with Crippen LogP contribution in [0.3, 0.4) is 0 Å². The number of aromatic carboxylic acids is 1. The van der Waals surface area contributed by atoms with E-state index in [2.05, 4.69) is 15.7 Å². The molecule has 0 bridgehead atoms. The van der Waals surface area contributed by atoms with Gasteiger partial charge in [0.05, 0.1) is 25.9 Å². The van der Waals surface area contributed by atoms with Gasteiger partial charge in [0.25, 0.3) is 0 Å². The van der Waals surface area contributed by atoms with Gasteiger partial charge in [-0.05, 0) is 60.0 Å². The summed E-state index contributed by atoms with van der Waals surface area (Å²) in [5.74, 6) is -0.0971. The zero-order valence-electron chi connectivity index (χ0n) is 22.8. The Hall–Kier alpha value is -4.44. The predicted molar refractivity (Wildman–Crippen MR) is 157 cm³/mol. The number of nitrogens with zero attached hydrogens (tertiary/aromatic N) is 4. The van der Waals surface area contributed by atoms with E-state index in [1.807, 2.05) is 42.5 Å². The van der Waals surface area contributed by atoms with Crippen LogP contribution in [-0.2, 0) is 11.3 Å². The number of carbonyl (C=O) groups excluding carboxylic acids is 1. The molecule has 9 nitrogen and oxygen atoms in total. The highest BCUT2D eigenvalue weighted by Gasteiger charge is 2.26. The summed E-state index contributed by atoms with van der Waals surface area (Å²) >= 11 is 1.14. The highest BCUT2D eigenvalue weighted by molar-refractivity contribution is 7.00. The second-order valence-electron chi connectivity index (χ2n) is 9.50. The van der Waals surface area contributed by atoms with E-state index >= 15 is 0 Å². The van der Waals surface area contributed by atoms with Gasteiger partial charge in [-0.1, -0.05) is 25.5 Å². The number of carboxylic acid groups (broad SMARTS) is 1. The molecule has 0 unspecified atom stereocenters. The average Bonchev–Trinajstić information content (AvgIpc) is 3.55. The van der Waals surface area contributed by atoms with Crippen LogP contribution in [0.2, 0.25) is 0 Å². The lowest BCUT2D eigenvalue weighted by atomic mass is 10.0. The van der Waals surface area contributed by atoms with Crippen LogP contribution >= 0.6 is 11.7 Å². The predicted octanol–water partition coefficient (Wildman–Crippen LogP) is 6.23. The van der Waals surface area contributed by atoms with Gasteiger partial charge in [0, 0.05) is 42.2 Å². The molecule has 5 aromatic rings. The number of carbonyl (C=O) groups is 2. The SMILES string of the molecule is CCCCN(C(C)=O)c1ccc2c(c1)c(-c1ccc(OC)c(OC)c1)c(C(=O)O)n2Cc1ccc2nsnc2c1. The highest BCUT2D eigenvalue weighted by atomic mass is 32.1. The molecule has 0 aliphatic heterocycles. The molecular weight excluding hydrogens is 528 g/mol. The fourth-order valence-corrected chi connectivity index (χ4v) is 5.59. The van der Waals surface area contributed by atoms with Crippen LogP contribution < -0.4 is 14.4 Å². The summed E-state index contributed by atoms with van der Waals surface area (Å²) in [6, 6.07) is 16.8. The van der Waals surface area contributed by atoms with Gasteiger partial charge in [-0.15, -0.1) is 0 Å². The van der Waals surface area contributed by atoms with E-state index in [-0.39, 0.29) is 11.6 Å². The number of benzene rings is 3. The first-order chi connectivity index (χ1) is 19.4. The number of anilines is 1. The summed E-state index contributed by atoms with van der Waals surface area (Å²) < 4.78 is 21.4. The molecule has 206 valence electrons. The van der Waals surface area contributed by atoms with Gasteiger partial charge >= 0.3 is 5.97 Å². The van der Waals surface area contributed by atoms with E-state index in [1.54, 1.807) is 42.7 Å². The molecule has 3 aromatic carbocycles. The van der Waals surface area contributed by atoms with Crippen LogP contribution in [0.5, 0.6) is 11.5 Å². The highest BCUT2D eigenvalue weighted by Crippen LogP contribution is 2.41. The quantitative estimate of drug-likeness (QED) is 0.217. The Balaban J connectivity index is 1.77. The molecule has 5 rings (SSSR count). The summed E-state index contributed by atoms with van der Waals surface area (Å²) in [6.45, 7) is 4.52. The lowest BCUT2D eigenvalue weighted by Gasteiger charge is -2.21. The standard InChI is InChI=1S/C30H30N4O5S/c1-5-6-13-33(18(2)35)21-9-11-25-22(16-21)28(20-8-12-26(38-3)27(15-20)39-4)29(30(36)37)34(25)17-19-7-10-23-24(14-19)32-40-31-23/h7-12,14-16H,5-6,13,17H2,1-4H3,(H,36,37). The Labute approximate surface area is 235 Å². The number of hydrogen-bond acceptors (Lipinski definition) is 7. The van der Waals surface area contributed by atoms with Crippen molar-refractivity contribution in [1.82, 2.24) is 13.3 Å². The number of aromatic nitrogens is 3. The van der Waals surface area contributed by atoms with Crippen molar-refractivity contribution >= 4 is 51.2 Å². The largest absolute Gasteiger partial charge is 0.493 e. The molecule has 0 atom stereocenters. The van der Waals surface area contributed by atoms with Crippen LogP contribution in [-0.4, -0.2) is 51.1 Å². The lowest BCUT2D eigenvalue weighted by Crippen LogP contribution is -2.29. The van der Waals surface area contributed by atoms with Gasteiger partial charge in [0.1, 0.15) is 16.7 Å². The summed E-state index contributed by atoms with van der Waals surface area (Å²) in [5.41, 5.74) is 5.27. The van der Waals surface area contributed by atoms with Crippen molar-refractivity contribution in [1.29, 1.82) is 0 Å². The molecule has 10 heteroatoms. The van der Waals surface area contributed by atoms with E-state index in [4.69, 9.17) is 9.47 Å². The van der Waals surface area contributed by atoms with Crippen LogP contribution in [0.4, 0.5) is 5.69 Å². The minimum atomic E-state index is -1.06. The third-order valence-corrected chi connectivity index (χ3v) is 7.56. The Morgan fingerprint density at radius 1 is 0.975 bits per heavy atom. The van der Waals surface area contributed by atoms with Gasteiger partial charge < -0.3 is 24.0 Å². The van der Waals surface area contributed by atoms with Crippen molar-refractivity contribution in [2.75, 3.05) is 25.7 Å². The number of methoxy groups -OCH3 is 2. The molecule has 40 heavy (non-hydrogen) atoms. The summed E-state index contributed by atoms with van der Waals surface area (Å²) in [4.78, 5) is 27.3. The zero-order valence-corrected chi connectivity index (χ0v) is 23.6. The molecule has 2 heterocycles. The third-order valence-electron chi connectivity index (χ3n) is 7.01. The van der Waals surface area contributed by atoms with Crippen molar-refractivity contribution in [3.63, 3.8) is 0 Å². The maximum Gasteiger partial charge on any atom is 0.353 e. The molecule has 1 N–H and O–H groups in total. The molecule has 0 aliphatic rings. The molecule has 0 saturated carbocycles. The molecular formula is C30H30N4O5S. The monoisotopic (exact) mass is 558 g/mol. The second kappa shape index (κ2) is 11.4. The fourth-order valence-electron chi connectivity index (χ4n) is 5.07. The molecule has 2 aromatic heterocycles. The van der Waals surface area contributed by atoms with E-state index in [1.165, 1.54) is 0 Å². The van der Waals surface area contributed by atoms with Crippen LogP contribution in [0.25, 0.3) is 33.1 Å². The van der Waals surface area contributed by atoms with Crippen LogP contribution in [0.15, 0.2) is 54.6 Å². The minimum absolute atomic E-state index is 0.0662. The average molecular weight is 559 g/mol. The Morgan fingerprint density at radius 2 is 1.75 bits per heavy atom. The van der Waals surface area contributed by atoms with Gasteiger partial charge in [-0.25, -0.2) is 4.79 Å². The number of amides is 1. The summed E-state index contributed by atoms with van der Waals surface area (Å²) in [7, 11) is 3.10. The molecule has 1 amide bonds. The fraction of sp³-hybridized carbons (Fsp3) is 0.267.